The van der Waals surface area contributed by atoms with Crippen LogP contribution in [0.5, 0.6) is 11.5 Å². The van der Waals surface area contributed by atoms with Gasteiger partial charge in [-0.1, -0.05) is 41.9 Å². The van der Waals surface area contributed by atoms with Crippen LogP contribution in [0.15, 0.2) is 42.5 Å². The number of carbonyl (C=O) groups excluding carboxylic acids is 1. The number of halogens is 1. The monoisotopic (exact) mass is 419 g/mol. The molecule has 0 spiro atoms. The zero-order chi connectivity index (χ0) is 20.8. The van der Waals surface area contributed by atoms with E-state index in [0.717, 1.165) is 5.56 Å². The van der Waals surface area contributed by atoms with E-state index >= 15 is 0 Å². The summed E-state index contributed by atoms with van der Waals surface area (Å²) in [5, 5.41) is 16.7. The lowest BCUT2D eigenvalue weighted by Crippen LogP contribution is -2.39. The van der Waals surface area contributed by atoms with Gasteiger partial charge in [0.1, 0.15) is 13.2 Å². The van der Waals surface area contributed by atoms with E-state index in [0.29, 0.717) is 48.5 Å². The van der Waals surface area contributed by atoms with Crippen molar-refractivity contribution in [2.24, 2.45) is 5.92 Å². The number of nitrogens with zero attached hydrogens (tertiary/aromatic N) is 1. The summed E-state index contributed by atoms with van der Waals surface area (Å²) in [7, 11) is 3.86. The van der Waals surface area contributed by atoms with Gasteiger partial charge in [0.15, 0.2) is 11.5 Å². The molecule has 8 heteroatoms. The van der Waals surface area contributed by atoms with Crippen molar-refractivity contribution in [1.29, 1.82) is 0 Å². The molecular weight excluding hydrogens is 394 g/mol. The van der Waals surface area contributed by atoms with Crippen LogP contribution in [0.2, 0.25) is 5.02 Å². The lowest BCUT2D eigenvalue weighted by molar-refractivity contribution is 0.0911. The zero-order valence-electron chi connectivity index (χ0n) is 16.5. The fourth-order valence-corrected chi connectivity index (χ4v) is 3.42. The number of carbonyl (C=O) groups is 1. The van der Waals surface area contributed by atoms with Crippen molar-refractivity contribution < 1.29 is 19.4 Å². The Morgan fingerprint density at radius 1 is 1.17 bits per heavy atom. The Hall–Kier alpha value is -2.48. The average Bonchev–Trinajstić information content (AvgIpc) is 2.71. The zero-order valence-corrected chi connectivity index (χ0v) is 17.3. The van der Waals surface area contributed by atoms with E-state index in [9.17, 15) is 9.90 Å². The predicted molar refractivity (Wildman–Crippen MR) is 113 cm³/mol. The second-order valence-electron chi connectivity index (χ2n) is 7.19. The summed E-state index contributed by atoms with van der Waals surface area (Å²) in [5.74, 6) is 0.916. The number of rotatable bonds is 7. The summed E-state index contributed by atoms with van der Waals surface area (Å²) in [6.07, 6.45) is -0.697. The van der Waals surface area contributed by atoms with Gasteiger partial charge in [-0.3, -0.25) is 0 Å². The summed E-state index contributed by atoms with van der Waals surface area (Å²) in [5.41, 5.74) is 1.25. The van der Waals surface area contributed by atoms with Crippen LogP contribution in [0.3, 0.4) is 0 Å². The van der Waals surface area contributed by atoms with Crippen LogP contribution in [0, 0.1) is 5.92 Å². The maximum atomic E-state index is 12.4. The third-order valence-electron chi connectivity index (χ3n) is 4.59. The van der Waals surface area contributed by atoms with Crippen molar-refractivity contribution in [3.63, 3.8) is 0 Å². The summed E-state index contributed by atoms with van der Waals surface area (Å²) < 4.78 is 11.0. The number of fused-ring (bicyclic) bond motifs is 1. The minimum absolute atomic E-state index is 0.186. The Kier molecular flexibility index (Phi) is 7.19. The van der Waals surface area contributed by atoms with Gasteiger partial charge >= 0.3 is 6.03 Å². The molecule has 2 aromatic carbocycles. The van der Waals surface area contributed by atoms with E-state index in [4.69, 9.17) is 21.1 Å². The first-order valence-corrected chi connectivity index (χ1v) is 9.83. The molecular formula is C21H26ClN3O4. The number of hydrogen-bond donors (Lipinski definition) is 3. The smallest absolute Gasteiger partial charge is 0.319 e. The van der Waals surface area contributed by atoms with Crippen molar-refractivity contribution in [2.45, 2.75) is 6.10 Å². The molecule has 0 bridgehead atoms. The van der Waals surface area contributed by atoms with Gasteiger partial charge in [0.25, 0.3) is 0 Å². The first-order valence-electron chi connectivity index (χ1n) is 9.46. The number of ether oxygens (including phenoxy) is 2. The van der Waals surface area contributed by atoms with Gasteiger partial charge in [0.2, 0.25) is 0 Å². The third-order valence-corrected chi connectivity index (χ3v) is 4.90. The van der Waals surface area contributed by atoms with E-state index in [1.54, 1.807) is 12.1 Å². The molecule has 0 radical (unpaired) electrons. The van der Waals surface area contributed by atoms with Gasteiger partial charge in [0, 0.05) is 31.1 Å². The van der Waals surface area contributed by atoms with Crippen LogP contribution in [0.25, 0.3) is 0 Å². The number of urea groups is 1. The first-order chi connectivity index (χ1) is 13.9. The maximum Gasteiger partial charge on any atom is 0.319 e. The largest absolute Gasteiger partial charge is 0.486 e. The third kappa shape index (κ3) is 5.76. The Balaban J connectivity index is 1.63. The molecule has 1 aliphatic rings. The standard InChI is InChI=1S/C21H26ClN3O4/c1-25(2)13-15(20(26)14-6-4-3-5-7-14)12-23-21(27)24-17-11-19-18(10-16(17)22)28-8-9-29-19/h3-7,10-11,15,20,26H,8-9,12-13H2,1-2H3,(H2,23,24,27)/t15-,20-/m0/s1. The number of aliphatic hydroxyl groups is 1. The minimum Gasteiger partial charge on any atom is -0.486 e. The summed E-state index contributed by atoms with van der Waals surface area (Å²) in [4.78, 5) is 14.4. The minimum atomic E-state index is -0.697. The van der Waals surface area contributed by atoms with Crippen LogP contribution in [-0.2, 0) is 0 Å². The fraction of sp³-hybridized carbons (Fsp3) is 0.381. The highest BCUT2D eigenvalue weighted by atomic mass is 35.5. The molecule has 0 saturated heterocycles. The van der Waals surface area contributed by atoms with Gasteiger partial charge in [0.05, 0.1) is 16.8 Å². The number of hydrogen-bond acceptors (Lipinski definition) is 5. The number of benzene rings is 2. The normalized spacial score (nSPS) is 14.9. The summed E-state index contributed by atoms with van der Waals surface area (Å²) >= 11 is 6.24. The Morgan fingerprint density at radius 2 is 1.83 bits per heavy atom. The van der Waals surface area contributed by atoms with E-state index < -0.39 is 12.1 Å². The SMILES string of the molecule is CN(C)C[C@H](CNC(=O)Nc1cc2c(cc1Cl)OCCO2)[C@@H](O)c1ccccc1. The fourth-order valence-electron chi connectivity index (χ4n) is 3.22. The van der Waals surface area contributed by atoms with Crippen molar-refractivity contribution in [1.82, 2.24) is 10.2 Å². The Morgan fingerprint density at radius 3 is 2.48 bits per heavy atom. The second-order valence-corrected chi connectivity index (χ2v) is 7.60. The molecule has 7 nitrogen and oxygen atoms in total. The first kappa shape index (κ1) is 21.2. The topological polar surface area (TPSA) is 83.1 Å². The Bertz CT molecular complexity index is 832. The van der Waals surface area contributed by atoms with Crippen molar-refractivity contribution in [2.75, 3.05) is 45.7 Å². The molecule has 3 rings (SSSR count). The van der Waals surface area contributed by atoms with E-state index in [2.05, 4.69) is 10.6 Å². The Labute approximate surface area is 175 Å². The molecule has 2 aromatic rings. The molecule has 2 atom stereocenters. The molecule has 3 N–H and O–H groups in total. The van der Waals surface area contributed by atoms with Crippen LogP contribution in [0.1, 0.15) is 11.7 Å². The second kappa shape index (κ2) is 9.82. The molecule has 0 aromatic heterocycles. The van der Waals surface area contributed by atoms with Gasteiger partial charge < -0.3 is 30.1 Å². The summed E-state index contributed by atoms with van der Waals surface area (Å²) in [6.45, 7) is 1.82. The van der Waals surface area contributed by atoms with Crippen molar-refractivity contribution in [3.8, 4) is 11.5 Å². The highest BCUT2D eigenvalue weighted by Gasteiger charge is 2.23. The van der Waals surface area contributed by atoms with E-state index in [1.165, 1.54) is 0 Å². The van der Waals surface area contributed by atoms with Crippen LogP contribution in [-0.4, -0.2) is 56.4 Å². The van der Waals surface area contributed by atoms with Crippen LogP contribution in [0.4, 0.5) is 10.5 Å². The van der Waals surface area contributed by atoms with E-state index in [1.807, 2.05) is 49.3 Å². The lowest BCUT2D eigenvalue weighted by Gasteiger charge is -2.26. The molecule has 0 saturated carbocycles. The molecule has 0 aliphatic carbocycles. The summed E-state index contributed by atoms with van der Waals surface area (Å²) in [6, 6.07) is 12.3. The average molecular weight is 420 g/mol. The van der Waals surface area contributed by atoms with E-state index in [-0.39, 0.29) is 5.92 Å². The van der Waals surface area contributed by atoms with Crippen molar-refractivity contribution in [3.05, 3.63) is 53.1 Å². The van der Waals surface area contributed by atoms with Crippen molar-refractivity contribution >= 4 is 23.3 Å². The van der Waals surface area contributed by atoms with Crippen LogP contribution >= 0.6 is 11.6 Å². The lowest BCUT2D eigenvalue weighted by atomic mass is 9.95. The van der Waals surface area contributed by atoms with Gasteiger partial charge in [-0.25, -0.2) is 4.79 Å². The predicted octanol–water partition coefficient (Wildman–Crippen LogP) is 3.14. The number of amides is 2. The molecule has 1 heterocycles. The van der Waals surface area contributed by atoms with Gasteiger partial charge in [-0.15, -0.1) is 0 Å². The van der Waals surface area contributed by atoms with Gasteiger partial charge in [-0.2, -0.15) is 0 Å². The molecule has 0 unspecified atom stereocenters. The molecule has 1 aliphatic heterocycles. The van der Waals surface area contributed by atoms with Gasteiger partial charge in [-0.05, 0) is 19.7 Å². The maximum absolute atomic E-state index is 12.4. The number of aliphatic hydroxyl groups excluding tert-OH is 1. The highest BCUT2D eigenvalue weighted by molar-refractivity contribution is 6.34. The highest BCUT2D eigenvalue weighted by Crippen LogP contribution is 2.37. The number of nitrogens with one attached hydrogen (secondary N) is 2. The number of anilines is 1. The quantitative estimate of drug-likeness (QED) is 0.642. The molecule has 156 valence electrons. The molecule has 29 heavy (non-hydrogen) atoms. The van der Waals surface area contributed by atoms with Crippen LogP contribution < -0.4 is 20.1 Å². The molecule has 0 fully saturated rings. The molecule has 2 amide bonds.